The van der Waals surface area contributed by atoms with Crippen molar-refractivity contribution in [1.29, 1.82) is 0 Å². The van der Waals surface area contributed by atoms with Gasteiger partial charge in [0, 0.05) is 29.4 Å². The molecule has 0 atom stereocenters. The minimum absolute atomic E-state index is 0.0737. The zero-order chi connectivity index (χ0) is 25.2. The Hall–Kier alpha value is -4.02. The molecule has 0 radical (unpaired) electrons. The van der Waals surface area contributed by atoms with E-state index < -0.39 is 15.6 Å². The van der Waals surface area contributed by atoms with Gasteiger partial charge in [-0.25, -0.2) is 13.6 Å². The zero-order valence-corrected chi connectivity index (χ0v) is 20.3. The second-order valence-corrected chi connectivity index (χ2v) is 10.1. The van der Waals surface area contributed by atoms with Crippen molar-refractivity contribution in [3.05, 3.63) is 78.7 Å². The smallest absolute Gasteiger partial charge is 0.249 e. The highest BCUT2D eigenvalue weighted by Gasteiger charge is 2.28. The van der Waals surface area contributed by atoms with E-state index in [1.807, 2.05) is 30.3 Å². The topological polar surface area (TPSA) is 140 Å². The molecule has 35 heavy (non-hydrogen) atoms. The number of carbonyl (C=O) groups excluding carboxylic acids is 1. The molecule has 0 unspecified atom stereocenters. The number of rotatable bonds is 7. The van der Waals surface area contributed by atoms with Gasteiger partial charge in [0.1, 0.15) is 5.54 Å². The number of hydrogen-bond acceptors (Lipinski definition) is 7. The molecule has 4 aromatic rings. The van der Waals surface area contributed by atoms with Crippen LogP contribution in [0.5, 0.6) is 0 Å². The Morgan fingerprint density at radius 1 is 0.943 bits per heavy atom. The summed E-state index contributed by atoms with van der Waals surface area (Å²) < 4.78 is 29.6. The highest BCUT2D eigenvalue weighted by Crippen LogP contribution is 2.30. The van der Waals surface area contributed by atoms with Crippen molar-refractivity contribution < 1.29 is 17.7 Å². The first-order chi connectivity index (χ1) is 16.5. The predicted octanol–water partition coefficient (Wildman–Crippen LogP) is 4.19. The highest BCUT2D eigenvalue weighted by atomic mass is 32.2. The van der Waals surface area contributed by atoms with E-state index in [9.17, 15) is 13.2 Å². The second kappa shape index (κ2) is 9.32. The minimum Gasteiger partial charge on any atom is -0.372 e. The second-order valence-electron chi connectivity index (χ2n) is 8.54. The normalized spacial score (nSPS) is 11.8. The highest BCUT2D eigenvalue weighted by molar-refractivity contribution is 7.89. The third kappa shape index (κ3) is 5.56. The van der Waals surface area contributed by atoms with Gasteiger partial charge in [-0.15, -0.1) is 0 Å². The van der Waals surface area contributed by atoms with Gasteiger partial charge in [0.05, 0.1) is 4.90 Å². The first-order valence-electron chi connectivity index (χ1n) is 10.8. The van der Waals surface area contributed by atoms with Crippen LogP contribution in [0.3, 0.4) is 0 Å². The number of anilines is 2. The number of nitrogens with two attached hydrogens (primary N) is 1. The SMILES string of the molecule is Cc1nc(-c2cccc(NC(C)(C)C(=O)Nc3ccc(-c4ccccc4)c(S(N)(=O)=O)c3)c2)no1. The molecule has 0 fully saturated rings. The van der Waals surface area contributed by atoms with Crippen molar-refractivity contribution in [2.24, 2.45) is 5.14 Å². The summed E-state index contributed by atoms with van der Waals surface area (Å²) in [6.07, 6.45) is 0. The van der Waals surface area contributed by atoms with E-state index in [2.05, 4.69) is 20.8 Å². The molecule has 0 saturated heterocycles. The van der Waals surface area contributed by atoms with Crippen LogP contribution < -0.4 is 15.8 Å². The Bertz CT molecular complexity index is 1480. The van der Waals surface area contributed by atoms with E-state index in [0.717, 1.165) is 5.56 Å². The molecule has 0 spiro atoms. The molecule has 0 bridgehead atoms. The third-order valence-corrected chi connectivity index (χ3v) is 6.25. The number of primary sulfonamides is 1. The van der Waals surface area contributed by atoms with E-state index in [-0.39, 0.29) is 10.8 Å². The van der Waals surface area contributed by atoms with Crippen molar-refractivity contribution in [1.82, 2.24) is 10.1 Å². The number of hydrogen-bond donors (Lipinski definition) is 3. The summed E-state index contributed by atoms with van der Waals surface area (Å²) in [5.74, 6) is 0.531. The van der Waals surface area contributed by atoms with Crippen molar-refractivity contribution >= 4 is 27.3 Å². The molecule has 0 aliphatic rings. The van der Waals surface area contributed by atoms with Crippen LogP contribution in [0.4, 0.5) is 11.4 Å². The fourth-order valence-corrected chi connectivity index (χ4v) is 4.33. The maximum atomic E-state index is 13.1. The number of aryl methyl sites for hydroxylation is 1. The summed E-state index contributed by atoms with van der Waals surface area (Å²) in [5, 5.41) is 15.4. The average Bonchev–Trinajstić information content (AvgIpc) is 3.25. The lowest BCUT2D eigenvalue weighted by atomic mass is 10.0. The van der Waals surface area contributed by atoms with Crippen LogP contribution >= 0.6 is 0 Å². The van der Waals surface area contributed by atoms with Crippen LogP contribution in [0.1, 0.15) is 19.7 Å². The van der Waals surface area contributed by atoms with Crippen LogP contribution in [-0.4, -0.2) is 30.0 Å². The van der Waals surface area contributed by atoms with Crippen LogP contribution in [0, 0.1) is 6.92 Å². The number of nitrogens with one attached hydrogen (secondary N) is 2. The zero-order valence-electron chi connectivity index (χ0n) is 19.4. The standard InChI is InChI=1S/C25H25N5O4S/c1-16-27-23(30-34-16)18-10-7-11-20(14-18)29-25(2,3)24(31)28-19-12-13-21(17-8-5-4-6-9-17)22(15-19)35(26,32)33/h4-15,29H,1-3H3,(H,28,31)(H2,26,32,33). The lowest BCUT2D eigenvalue weighted by molar-refractivity contribution is -0.119. The van der Waals surface area contributed by atoms with Crippen molar-refractivity contribution in [2.45, 2.75) is 31.2 Å². The molecule has 0 aliphatic heterocycles. The minimum atomic E-state index is -4.04. The van der Waals surface area contributed by atoms with E-state index in [1.54, 1.807) is 57.2 Å². The summed E-state index contributed by atoms with van der Waals surface area (Å²) in [4.78, 5) is 17.3. The summed E-state index contributed by atoms with van der Waals surface area (Å²) in [6.45, 7) is 5.14. The molecule has 10 heteroatoms. The summed E-state index contributed by atoms with van der Waals surface area (Å²) >= 11 is 0. The molecule has 0 aliphatic carbocycles. The number of amides is 1. The van der Waals surface area contributed by atoms with Crippen LogP contribution in [0.25, 0.3) is 22.5 Å². The number of sulfonamides is 1. The number of carbonyl (C=O) groups is 1. The monoisotopic (exact) mass is 491 g/mol. The number of benzene rings is 3. The Morgan fingerprint density at radius 3 is 2.31 bits per heavy atom. The summed E-state index contributed by atoms with van der Waals surface area (Å²) in [5.41, 5.74) is 1.83. The van der Waals surface area contributed by atoms with Gasteiger partial charge in [-0.3, -0.25) is 4.79 Å². The Labute approximate surface area is 203 Å². The van der Waals surface area contributed by atoms with Crippen molar-refractivity contribution in [2.75, 3.05) is 10.6 Å². The Balaban J connectivity index is 1.56. The van der Waals surface area contributed by atoms with Gasteiger partial charge in [-0.1, -0.05) is 53.7 Å². The predicted molar refractivity (Wildman–Crippen MR) is 134 cm³/mol. The number of nitrogens with zero attached hydrogens (tertiary/aromatic N) is 2. The fourth-order valence-electron chi connectivity index (χ4n) is 3.55. The van der Waals surface area contributed by atoms with Gasteiger partial charge in [0.15, 0.2) is 0 Å². The Morgan fingerprint density at radius 2 is 1.66 bits per heavy atom. The van der Waals surface area contributed by atoms with Crippen molar-refractivity contribution in [3.8, 4) is 22.5 Å². The van der Waals surface area contributed by atoms with Gasteiger partial charge >= 0.3 is 0 Å². The molecule has 3 aromatic carbocycles. The Kier molecular flexibility index (Phi) is 6.42. The van der Waals surface area contributed by atoms with Gasteiger partial charge in [-0.05, 0) is 43.7 Å². The molecule has 180 valence electrons. The van der Waals surface area contributed by atoms with Crippen molar-refractivity contribution in [3.63, 3.8) is 0 Å². The largest absolute Gasteiger partial charge is 0.372 e. The molecule has 0 saturated carbocycles. The summed E-state index contributed by atoms with van der Waals surface area (Å²) in [6, 6.07) is 21.0. The third-order valence-electron chi connectivity index (χ3n) is 5.30. The number of aromatic nitrogens is 2. The molecular formula is C25H25N5O4S. The quantitative estimate of drug-likeness (QED) is 0.352. The fraction of sp³-hybridized carbons (Fsp3) is 0.160. The molecule has 9 nitrogen and oxygen atoms in total. The van der Waals surface area contributed by atoms with Gasteiger partial charge < -0.3 is 15.2 Å². The van der Waals surface area contributed by atoms with E-state index in [4.69, 9.17) is 9.66 Å². The first kappa shape index (κ1) is 24.1. The van der Waals surface area contributed by atoms with Crippen LogP contribution in [-0.2, 0) is 14.8 Å². The maximum Gasteiger partial charge on any atom is 0.249 e. The van der Waals surface area contributed by atoms with Gasteiger partial charge in [-0.2, -0.15) is 4.98 Å². The molecule has 1 amide bonds. The molecular weight excluding hydrogens is 466 g/mol. The van der Waals surface area contributed by atoms with Gasteiger partial charge in [0.25, 0.3) is 0 Å². The van der Waals surface area contributed by atoms with E-state index >= 15 is 0 Å². The van der Waals surface area contributed by atoms with Gasteiger partial charge in [0.2, 0.25) is 27.6 Å². The van der Waals surface area contributed by atoms with E-state index in [1.165, 1.54) is 6.07 Å². The molecule has 4 N–H and O–H groups in total. The lowest BCUT2D eigenvalue weighted by Crippen LogP contribution is -2.44. The molecule has 1 aromatic heterocycles. The van der Waals surface area contributed by atoms with Crippen LogP contribution in [0.2, 0.25) is 0 Å². The molecule has 4 rings (SSSR count). The van der Waals surface area contributed by atoms with E-state index in [0.29, 0.717) is 34.2 Å². The maximum absolute atomic E-state index is 13.1. The summed E-state index contributed by atoms with van der Waals surface area (Å²) in [7, 11) is -4.04. The average molecular weight is 492 g/mol. The lowest BCUT2D eigenvalue weighted by Gasteiger charge is -2.26. The first-order valence-corrected chi connectivity index (χ1v) is 12.3. The molecule has 1 heterocycles. The van der Waals surface area contributed by atoms with Crippen LogP contribution in [0.15, 0.2) is 82.2 Å².